The molecule has 1 aromatic carbocycles. The van der Waals surface area contributed by atoms with Gasteiger partial charge in [0, 0.05) is 13.1 Å². The fourth-order valence-electron chi connectivity index (χ4n) is 2.09. The van der Waals surface area contributed by atoms with Crippen molar-refractivity contribution in [2.24, 2.45) is 0 Å². The third-order valence-electron chi connectivity index (χ3n) is 3.33. The van der Waals surface area contributed by atoms with E-state index in [1.54, 1.807) is 0 Å². The van der Waals surface area contributed by atoms with Crippen molar-refractivity contribution in [3.63, 3.8) is 0 Å². The zero-order valence-electron chi connectivity index (χ0n) is 13.5. The third-order valence-corrected chi connectivity index (χ3v) is 5.76. The molecule has 3 N–H and O–H groups in total. The van der Waals surface area contributed by atoms with Crippen molar-refractivity contribution in [1.82, 2.24) is 15.2 Å². The van der Waals surface area contributed by atoms with Crippen LogP contribution in [0.4, 0.5) is 5.69 Å². The van der Waals surface area contributed by atoms with Gasteiger partial charge in [0.2, 0.25) is 10.0 Å². The van der Waals surface area contributed by atoms with E-state index >= 15 is 0 Å². The first-order valence-corrected chi connectivity index (χ1v) is 9.63. The number of rotatable bonds is 4. The highest BCUT2D eigenvalue weighted by atomic mass is 35.5. The Morgan fingerprint density at radius 1 is 1.35 bits per heavy atom. The predicted molar refractivity (Wildman–Crippen MR) is 100.0 cm³/mol. The highest BCUT2D eigenvalue weighted by Gasteiger charge is 2.27. The predicted octanol–water partition coefficient (Wildman–Crippen LogP) is 0.598. The Bertz CT molecular complexity index is 834. The highest BCUT2D eigenvalue weighted by molar-refractivity contribution is 7.89. The van der Waals surface area contributed by atoms with Gasteiger partial charge < -0.3 is 14.9 Å². The van der Waals surface area contributed by atoms with Crippen LogP contribution < -0.4 is 16.2 Å². The van der Waals surface area contributed by atoms with Crippen LogP contribution in [0.3, 0.4) is 0 Å². The summed E-state index contributed by atoms with van der Waals surface area (Å²) >= 11 is 11.1. The number of hydrazine groups is 1. The molecule has 0 spiro atoms. The van der Waals surface area contributed by atoms with E-state index in [0.29, 0.717) is 13.2 Å². The van der Waals surface area contributed by atoms with Crippen molar-refractivity contribution < 1.29 is 17.9 Å². The molecule has 0 unspecified atom stereocenters. The van der Waals surface area contributed by atoms with E-state index < -0.39 is 15.9 Å². The van der Waals surface area contributed by atoms with Crippen LogP contribution in [-0.4, -0.2) is 56.6 Å². The van der Waals surface area contributed by atoms with Crippen LogP contribution in [0.15, 0.2) is 23.1 Å². The molecule has 0 aliphatic carbocycles. The average Bonchev–Trinajstić information content (AvgIpc) is 2.62. The number of nitrogens with one attached hydrogen (secondary N) is 3. The molecule has 1 heterocycles. The molecule has 0 bridgehead atoms. The maximum atomic E-state index is 12.7. The van der Waals surface area contributed by atoms with Gasteiger partial charge in [-0.2, -0.15) is 4.31 Å². The van der Waals surface area contributed by atoms with Gasteiger partial charge in [-0.3, -0.25) is 15.6 Å². The average molecular weight is 418 g/mol. The van der Waals surface area contributed by atoms with Gasteiger partial charge in [-0.15, -0.1) is 0 Å². The first kappa shape index (κ1) is 20.3. The molecule has 12 heteroatoms. The van der Waals surface area contributed by atoms with Crippen molar-refractivity contribution in [2.45, 2.75) is 4.90 Å². The Morgan fingerprint density at radius 3 is 2.69 bits per heavy atom. The smallest absolute Gasteiger partial charge is 0.318 e. The van der Waals surface area contributed by atoms with Gasteiger partial charge in [0.05, 0.1) is 28.8 Å². The number of hydrogen-bond donors (Lipinski definition) is 3. The lowest BCUT2D eigenvalue weighted by Crippen LogP contribution is -2.44. The van der Waals surface area contributed by atoms with E-state index in [4.69, 9.17) is 35.1 Å². The lowest BCUT2D eigenvalue weighted by atomic mass is 10.3. The molecular weight excluding hydrogens is 402 g/mol. The molecule has 1 aliphatic rings. The number of morpholine rings is 1. The van der Waals surface area contributed by atoms with Crippen LogP contribution >= 0.6 is 23.8 Å². The van der Waals surface area contributed by atoms with Crippen LogP contribution in [0.2, 0.25) is 5.02 Å². The summed E-state index contributed by atoms with van der Waals surface area (Å²) in [5, 5.41) is 2.96. The number of hydrogen-bond acceptors (Lipinski definition) is 5. The van der Waals surface area contributed by atoms with Gasteiger partial charge in [-0.1, -0.05) is 11.6 Å². The monoisotopic (exact) mass is 417 g/mol. The highest BCUT2D eigenvalue weighted by Crippen LogP contribution is 2.27. The maximum Gasteiger partial charge on any atom is 0.318 e. The molecule has 2 rings (SSSR count). The number of carbonyl (C=O) groups excluding carboxylic acids is 1. The largest absolute Gasteiger partial charge is 0.379 e. The molecule has 1 saturated heterocycles. The standard InChI is InChI=1S/C14H16ClN5O4S2/c1-16-9-13(21)18-19-14(25)17-12-8-10(2-3-11(12)15)26(22,23)20-4-6-24-7-5-20/h2-3,8H,4-7,9H2,(H,18,21)(H2,17,19,25). The fraction of sp³-hybridized carbons (Fsp3) is 0.357. The zero-order valence-corrected chi connectivity index (χ0v) is 15.9. The number of anilines is 1. The van der Waals surface area contributed by atoms with Crippen molar-refractivity contribution in [2.75, 3.05) is 38.2 Å². The van der Waals surface area contributed by atoms with Crippen LogP contribution in [0.5, 0.6) is 0 Å². The molecule has 0 radical (unpaired) electrons. The summed E-state index contributed by atoms with van der Waals surface area (Å²) in [4.78, 5) is 14.2. The third kappa shape index (κ3) is 5.26. The van der Waals surface area contributed by atoms with Crippen molar-refractivity contribution >= 4 is 50.5 Å². The normalized spacial score (nSPS) is 14.9. The molecule has 140 valence electrons. The molecule has 1 aromatic rings. The van der Waals surface area contributed by atoms with E-state index in [1.807, 2.05) is 0 Å². The summed E-state index contributed by atoms with van der Waals surface area (Å²) in [5.41, 5.74) is 4.90. The minimum absolute atomic E-state index is 0.00819. The van der Waals surface area contributed by atoms with Crippen molar-refractivity contribution in [3.8, 4) is 0 Å². The van der Waals surface area contributed by atoms with E-state index in [9.17, 15) is 13.2 Å². The number of nitrogens with zero attached hydrogens (tertiary/aromatic N) is 2. The van der Waals surface area contributed by atoms with E-state index in [-0.39, 0.29) is 40.4 Å². The second kappa shape index (κ2) is 9.11. The van der Waals surface area contributed by atoms with Gasteiger partial charge in [0.1, 0.15) is 0 Å². The second-order valence-corrected chi connectivity index (χ2v) is 7.86. The van der Waals surface area contributed by atoms with E-state index in [0.717, 1.165) is 0 Å². The second-order valence-electron chi connectivity index (χ2n) is 5.10. The first-order chi connectivity index (χ1) is 12.3. The Morgan fingerprint density at radius 2 is 2.04 bits per heavy atom. The molecule has 0 saturated carbocycles. The van der Waals surface area contributed by atoms with E-state index in [1.165, 1.54) is 22.5 Å². The van der Waals surface area contributed by atoms with Crippen LogP contribution in [-0.2, 0) is 19.6 Å². The zero-order chi connectivity index (χ0) is 19.2. The minimum Gasteiger partial charge on any atom is -0.379 e. The Hall–Kier alpha value is -1.97. The Kier molecular flexibility index (Phi) is 7.13. The molecule has 0 atom stereocenters. The van der Waals surface area contributed by atoms with Crippen molar-refractivity contribution in [1.29, 1.82) is 0 Å². The molecule has 26 heavy (non-hydrogen) atoms. The summed E-state index contributed by atoms with van der Waals surface area (Å²) < 4.78 is 31.9. The number of sulfonamides is 1. The Labute approximate surface area is 161 Å². The summed E-state index contributed by atoms with van der Waals surface area (Å²) in [7, 11) is -3.68. The van der Waals surface area contributed by atoms with Crippen molar-refractivity contribution in [3.05, 3.63) is 34.6 Å². The SMILES string of the molecule is [C-]#[N+]CC(=O)NNC(=S)Nc1cc(S(=O)(=O)N2CCOCC2)ccc1Cl. The molecule has 1 aliphatic heterocycles. The first-order valence-electron chi connectivity index (χ1n) is 7.41. The summed E-state index contributed by atoms with van der Waals surface area (Å²) in [6.45, 7) is 7.50. The number of amides is 1. The molecule has 0 aromatic heterocycles. The van der Waals surface area contributed by atoms with E-state index in [2.05, 4.69) is 21.0 Å². The summed E-state index contributed by atoms with van der Waals surface area (Å²) in [6, 6.07) is 4.21. The quantitative estimate of drug-likeness (QED) is 0.374. The number of halogens is 1. The topological polar surface area (TPSA) is 104 Å². The fourth-order valence-corrected chi connectivity index (χ4v) is 3.85. The summed E-state index contributed by atoms with van der Waals surface area (Å²) in [5.74, 6) is -0.557. The molecule has 1 amide bonds. The van der Waals surface area contributed by atoms with Gasteiger partial charge in [-0.25, -0.2) is 15.0 Å². The summed E-state index contributed by atoms with van der Waals surface area (Å²) in [6.07, 6.45) is 0. The van der Waals surface area contributed by atoms with Gasteiger partial charge >= 0.3 is 5.91 Å². The molecular formula is C14H16ClN5O4S2. The molecule has 1 fully saturated rings. The van der Waals surface area contributed by atoms with Gasteiger partial charge in [-0.05, 0) is 30.4 Å². The maximum absolute atomic E-state index is 12.7. The number of carbonyl (C=O) groups is 1. The van der Waals surface area contributed by atoms with Crippen LogP contribution in [0.25, 0.3) is 4.85 Å². The minimum atomic E-state index is -3.68. The van der Waals surface area contributed by atoms with Gasteiger partial charge in [0.25, 0.3) is 6.54 Å². The van der Waals surface area contributed by atoms with Gasteiger partial charge in [0.15, 0.2) is 5.11 Å². The lowest BCUT2D eigenvalue weighted by Gasteiger charge is -2.26. The number of thiocarbonyl (C=S) groups is 1. The number of ether oxygens (including phenoxy) is 1. The Balaban J connectivity index is 2.10. The number of benzene rings is 1. The van der Waals surface area contributed by atoms with Crippen LogP contribution in [0, 0.1) is 6.57 Å². The lowest BCUT2D eigenvalue weighted by molar-refractivity contribution is -0.119. The molecule has 9 nitrogen and oxygen atoms in total. The van der Waals surface area contributed by atoms with Crippen LogP contribution in [0.1, 0.15) is 0 Å².